The molecule has 0 aliphatic carbocycles. The molecule has 286 valence electrons. The molecule has 56 heavy (non-hydrogen) atoms. The van der Waals surface area contributed by atoms with Gasteiger partial charge in [0.2, 0.25) is 0 Å². The van der Waals surface area contributed by atoms with Crippen LogP contribution in [0.1, 0.15) is 0 Å². The van der Waals surface area contributed by atoms with E-state index in [1.54, 1.807) is 0 Å². The summed E-state index contributed by atoms with van der Waals surface area (Å²) >= 11 is 0. The van der Waals surface area contributed by atoms with Crippen molar-refractivity contribution in [1.29, 1.82) is 0 Å². The average Bonchev–Trinajstić information content (AvgIpc) is 3.27. The van der Waals surface area contributed by atoms with Crippen LogP contribution in [0.3, 0.4) is 0 Å². The molecule has 0 aliphatic heterocycles. The molecule has 0 heterocycles. The van der Waals surface area contributed by atoms with Gasteiger partial charge in [0.05, 0.1) is 0 Å². The van der Waals surface area contributed by atoms with Gasteiger partial charge in [-0.25, -0.2) is 0 Å². The standard InChI is InChI=1S/2C25H22P2.2Au/c2*1-5-13-22(14-6-1)26(23-15-7-2-8-16-23)21-27(24-17-9-3-10-18-24)25-19-11-4-12-20-25;;/h2*1-20H,21H2;;/p+4. The first-order valence-corrected chi connectivity index (χ1v) is 25.5. The molecule has 0 aliphatic rings. The molecule has 8 rings (SSSR count). The molecule has 8 aromatic carbocycles. The van der Waals surface area contributed by atoms with E-state index >= 15 is 0 Å². The van der Waals surface area contributed by atoms with Gasteiger partial charge in [0.25, 0.3) is 0 Å². The fourth-order valence-electron chi connectivity index (χ4n) is 6.95. The Morgan fingerprint density at radius 1 is 0.179 bits per heavy atom. The third-order valence-electron chi connectivity index (χ3n) is 9.69. The third-order valence-corrected chi connectivity index (χ3v) is 23.6. The van der Waals surface area contributed by atoms with Crippen LogP contribution in [-0.4, -0.2) is 11.8 Å². The van der Waals surface area contributed by atoms with Gasteiger partial charge in [-0.2, -0.15) is 0 Å². The molecule has 0 amide bonds. The van der Waals surface area contributed by atoms with Gasteiger partial charge >= 0.3 is 0 Å². The Balaban J connectivity index is 0.000000207. The molecule has 0 atom stereocenters. The van der Waals surface area contributed by atoms with E-state index in [0.29, 0.717) is 0 Å². The Kier molecular flexibility index (Phi) is 18.9. The van der Waals surface area contributed by atoms with Crippen molar-refractivity contribution in [2.24, 2.45) is 0 Å². The van der Waals surface area contributed by atoms with E-state index in [1.165, 1.54) is 54.2 Å². The fourth-order valence-corrected chi connectivity index (χ4v) is 22.4. The number of benzene rings is 8. The Morgan fingerprint density at radius 3 is 0.393 bits per heavy atom. The molecule has 0 bridgehead atoms. The van der Waals surface area contributed by atoms with Crippen LogP contribution in [0.2, 0.25) is 0 Å². The van der Waals surface area contributed by atoms with Crippen molar-refractivity contribution in [2.75, 3.05) is 11.8 Å². The van der Waals surface area contributed by atoms with Crippen LogP contribution in [0.4, 0.5) is 0 Å². The number of hydrogen-bond acceptors (Lipinski definition) is 0. The number of hydrogen-bond donors (Lipinski definition) is 0. The van der Waals surface area contributed by atoms with Gasteiger partial charge in [-0.3, -0.25) is 0 Å². The van der Waals surface area contributed by atoms with E-state index in [-0.39, 0.29) is 44.8 Å². The van der Waals surface area contributed by atoms with Gasteiger partial charge in [-0.1, -0.05) is 146 Å². The minimum absolute atomic E-state index is 0. The summed E-state index contributed by atoms with van der Waals surface area (Å²) in [6.45, 7) is 0. The Labute approximate surface area is 370 Å². The predicted octanol–water partition coefficient (Wildman–Crippen LogP) is 9.34. The minimum atomic E-state index is -0.847. The molecular weight excluding hydrogens is 1120 g/mol. The molecule has 0 saturated heterocycles. The summed E-state index contributed by atoms with van der Waals surface area (Å²) in [5.74, 6) is 2.49. The Hall–Kier alpha value is -3.04. The second kappa shape index (κ2) is 24.0. The smallest absolute Gasteiger partial charge is 0.0620 e. The van der Waals surface area contributed by atoms with Crippen molar-refractivity contribution in [3.63, 3.8) is 0 Å². The molecule has 0 fully saturated rings. The first-order chi connectivity index (χ1) is 26.8. The molecule has 6 heteroatoms. The van der Waals surface area contributed by atoms with E-state index in [0.717, 1.165) is 0 Å². The zero-order valence-electron chi connectivity index (χ0n) is 31.1. The van der Waals surface area contributed by atoms with Crippen molar-refractivity contribution >= 4 is 74.1 Å². The molecular formula is C50H48Au2P4+4. The normalized spacial score (nSPS) is 10.6. The van der Waals surface area contributed by atoms with Gasteiger partial charge in [0.1, 0.15) is 74.1 Å². The van der Waals surface area contributed by atoms with E-state index in [2.05, 4.69) is 243 Å². The Bertz CT molecular complexity index is 1730. The van der Waals surface area contributed by atoms with Crippen molar-refractivity contribution in [2.45, 2.75) is 0 Å². The summed E-state index contributed by atoms with van der Waals surface area (Å²) in [7, 11) is -3.39. The van der Waals surface area contributed by atoms with Gasteiger partial charge in [0, 0.05) is 44.8 Å². The molecule has 0 aromatic heterocycles. The molecule has 0 N–H and O–H groups in total. The summed E-state index contributed by atoms with van der Waals surface area (Å²) in [6, 6.07) is 88.9. The molecule has 8 aromatic rings. The SMILES string of the molecule is [Au].[Au].c1ccc([PH+](C[PH+](c2ccccc2)c2ccccc2)c2ccccc2)cc1.c1ccc([PH+](C[PH+](c2ccccc2)c2ccccc2)c2ccccc2)cc1. The summed E-state index contributed by atoms with van der Waals surface area (Å²) in [5.41, 5.74) is 0. The van der Waals surface area contributed by atoms with E-state index in [9.17, 15) is 0 Å². The zero-order chi connectivity index (χ0) is 36.6. The predicted molar refractivity (Wildman–Crippen MR) is 252 cm³/mol. The zero-order valence-corrected chi connectivity index (χ0v) is 39.4. The molecule has 0 unspecified atom stereocenters. The van der Waals surface area contributed by atoms with E-state index in [4.69, 9.17) is 0 Å². The van der Waals surface area contributed by atoms with Gasteiger partial charge in [0.15, 0.2) is 11.8 Å². The molecule has 0 spiro atoms. The summed E-state index contributed by atoms with van der Waals surface area (Å²) < 4.78 is 0. The van der Waals surface area contributed by atoms with Crippen molar-refractivity contribution in [3.05, 3.63) is 243 Å². The summed E-state index contributed by atoms with van der Waals surface area (Å²) in [6.07, 6.45) is 0. The third kappa shape index (κ3) is 12.5. The second-order valence-corrected chi connectivity index (χ2v) is 24.5. The van der Waals surface area contributed by atoms with E-state index < -0.39 is 31.7 Å². The minimum Gasteiger partial charge on any atom is -0.0620 e. The van der Waals surface area contributed by atoms with Crippen LogP contribution in [0, 0.1) is 0 Å². The van der Waals surface area contributed by atoms with Crippen LogP contribution in [0.15, 0.2) is 243 Å². The topological polar surface area (TPSA) is 0 Å². The monoisotopic (exact) mass is 1170 g/mol. The fraction of sp³-hybridized carbons (Fsp3) is 0.0400. The van der Waals surface area contributed by atoms with Crippen LogP contribution in [0.5, 0.6) is 0 Å². The largest absolute Gasteiger partial charge is 0.174 e. The van der Waals surface area contributed by atoms with Crippen molar-refractivity contribution in [1.82, 2.24) is 0 Å². The quantitative estimate of drug-likeness (QED) is 0.0846. The van der Waals surface area contributed by atoms with Crippen molar-refractivity contribution in [3.8, 4) is 0 Å². The van der Waals surface area contributed by atoms with Crippen LogP contribution < -0.4 is 42.4 Å². The van der Waals surface area contributed by atoms with Crippen LogP contribution >= 0.6 is 31.7 Å². The van der Waals surface area contributed by atoms with Gasteiger partial charge in [-0.15, -0.1) is 0 Å². The van der Waals surface area contributed by atoms with Crippen molar-refractivity contribution < 1.29 is 44.8 Å². The first-order valence-electron chi connectivity index (χ1n) is 18.7. The van der Waals surface area contributed by atoms with Crippen LogP contribution in [-0.2, 0) is 44.8 Å². The van der Waals surface area contributed by atoms with Crippen LogP contribution in [0.25, 0.3) is 0 Å². The maximum absolute atomic E-state index is 2.32. The molecule has 0 nitrogen and oxygen atoms in total. The van der Waals surface area contributed by atoms with E-state index in [1.807, 2.05) is 0 Å². The summed E-state index contributed by atoms with van der Waals surface area (Å²) in [4.78, 5) is 0. The molecule has 2 radical (unpaired) electrons. The maximum atomic E-state index is 2.32. The second-order valence-electron chi connectivity index (χ2n) is 13.2. The summed E-state index contributed by atoms with van der Waals surface area (Å²) in [5, 5.41) is 12.0. The van der Waals surface area contributed by atoms with Gasteiger partial charge in [-0.05, 0) is 97.1 Å². The van der Waals surface area contributed by atoms with Gasteiger partial charge < -0.3 is 0 Å². The number of rotatable bonds is 12. The average molecular weight is 1170 g/mol. The first kappa shape index (κ1) is 44.1. The maximum Gasteiger partial charge on any atom is 0.174 e. The molecule has 0 saturated carbocycles. The Morgan fingerprint density at radius 2 is 0.286 bits per heavy atom.